The number of aromatic nitrogens is 5. The molecule has 2 atom stereocenters. The summed E-state index contributed by atoms with van der Waals surface area (Å²) in [5.74, 6) is 1.15. The molecular formula is C28H34N8O5. The van der Waals surface area contributed by atoms with Crippen LogP contribution in [0, 0.1) is 6.92 Å². The van der Waals surface area contributed by atoms with Gasteiger partial charge >= 0.3 is 0 Å². The zero-order chi connectivity index (χ0) is 28.3. The second kappa shape index (κ2) is 11.7. The number of nitrogens with one attached hydrogen (secondary N) is 1. The summed E-state index contributed by atoms with van der Waals surface area (Å²) in [6.07, 6.45) is 6.41. The van der Waals surface area contributed by atoms with Crippen LogP contribution >= 0.6 is 0 Å². The fraction of sp³-hybridized carbons (Fsp3) is 0.500. The molecule has 2 fully saturated rings. The normalized spacial score (nSPS) is 21.3. The molecule has 3 aliphatic rings. The fourth-order valence-corrected chi connectivity index (χ4v) is 5.47. The molecule has 0 unspecified atom stereocenters. The summed E-state index contributed by atoms with van der Waals surface area (Å²) < 4.78 is 19.2. The van der Waals surface area contributed by atoms with Crippen molar-refractivity contribution in [3.05, 3.63) is 53.1 Å². The third-order valence-electron chi connectivity index (χ3n) is 7.74. The number of nitrogens with zero attached hydrogens (tertiary/aromatic N) is 7. The van der Waals surface area contributed by atoms with Crippen molar-refractivity contribution in [3.63, 3.8) is 0 Å². The maximum Gasteiger partial charge on any atom is 0.257 e. The van der Waals surface area contributed by atoms with Crippen LogP contribution in [0.25, 0.3) is 0 Å². The van der Waals surface area contributed by atoms with E-state index in [1.165, 1.54) is 6.42 Å². The van der Waals surface area contributed by atoms with E-state index >= 15 is 0 Å². The van der Waals surface area contributed by atoms with E-state index in [4.69, 9.17) is 14.2 Å². The standard InChI is InChI=1S/C28H34N8O5/c1-18-21(13-29-28(30-18)34-8-4-3-5-9-34)27(38)35-15-22-25(16-35)41-17-20-14-36(33-32-20)10-11-40-24-12-19(26(37)31-22)6-7-23(24)39-2/h6-7,12-14,22,25H,3-5,8-11,15-17H2,1-2H3,(H,31,37)/t22-,25-/m0/s1. The van der Waals surface area contributed by atoms with Gasteiger partial charge < -0.3 is 29.3 Å². The van der Waals surface area contributed by atoms with Gasteiger partial charge in [0.1, 0.15) is 12.3 Å². The van der Waals surface area contributed by atoms with Gasteiger partial charge in [0.05, 0.1) is 49.9 Å². The van der Waals surface area contributed by atoms with E-state index in [1.54, 1.807) is 47.3 Å². The molecule has 5 heterocycles. The van der Waals surface area contributed by atoms with Gasteiger partial charge in [0.15, 0.2) is 11.5 Å². The van der Waals surface area contributed by atoms with Crippen LogP contribution in [0.1, 0.15) is 51.4 Å². The van der Waals surface area contributed by atoms with Gasteiger partial charge in [-0.05, 0) is 44.4 Å². The number of anilines is 1. The molecule has 0 saturated carbocycles. The Balaban J connectivity index is 1.23. The van der Waals surface area contributed by atoms with E-state index in [0.29, 0.717) is 59.7 Å². The number of rotatable bonds is 3. The van der Waals surface area contributed by atoms with Gasteiger partial charge in [-0.3, -0.25) is 9.59 Å². The first-order valence-electron chi connectivity index (χ1n) is 14.0. The smallest absolute Gasteiger partial charge is 0.257 e. The van der Waals surface area contributed by atoms with Crippen molar-refractivity contribution in [2.24, 2.45) is 0 Å². The minimum Gasteiger partial charge on any atom is -0.493 e. The molecule has 216 valence electrons. The van der Waals surface area contributed by atoms with E-state index in [0.717, 1.165) is 25.9 Å². The van der Waals surface area contributed by atoms with Crippen LogP contribution in [0.4, 0.5) is 5.95 Å². The molecule has 0 aliphatic carbocycles. The van der Waals surface area contributed by atoms with Gasteiger partial charge in [0, 0.05) is 37.9 Å². The molecule has 3 aliphatic heterocycles. The molecule has 1 N–H and O–H groups in total. The maximum atomic E-state index is 13.6. The molecule has 0 spiro atoms. The fourth-order valence-electron chi connectivity index (χ4n) is 5.47. The van der Waals surface area contributed by atoms with Crippen molar-refractivity contribution in [2.45, 2.75) is 51.5 Å². The summed E-state index contributed by atoms with van der Waals surface area (Å²) >= 11 is 0. The number of likely N-dealkylation sites (tertiary alicyclic amines) is 1. The number of carbonyl (C=O) groups is 2. The summed E-state index contributed by atoms with van der Waals surface area (Å²) in [7, 11) is 1.55. The van der Waals surface area contributed by atoms with Crippen LogP contribution in [-0.4, -0.2) is 93.7 Å². The minimum absolute atomic E-state index is 0.189. The van der Waals surface area contributed by atoms with Crippen molar-refractivity contribution >= 4 is 17.8 Å². The number of methoxy groups -OCH3 is 1. The maximum absolute atomic E-state index is 13.6. The first-order chi connectivity index (χ1) is 20.0. The number of fused-ring (bicyclic) bond motifs is 5. The summed E-state index contributed by atoms with van der Waals surface area (Å²) in [4.78, 5) is 40.0. The number of hydrogen-bond acceptors (Lipinski definition) is 10. The van der Waals surface area contributed by atoms with Crippen LogP contribution in [0.2, 0.25) is 0 Å². The second-order valence-corrected chi connectivity index (χ2v) is 10.5. The molecule has 0 radical (unpaired) electrons. The monoisotopic (exact) mass is 562 g/mol. The highest BCUT2D eigenvalue weighted by atomic mass is 16.5. The topological polar surface area (TPSA) is 137 Å². The number of benzene rings is 1. The van der Waals surface area contributed by atoms with Gasteiger partial charge in [-0.15, -0.1) is 5.10 Å². The van der Waals surface area contributed by atoms with Crippen molar-refractivity contribution in [1.29, 1.82) is 0 Å². The van der Waals surface area contributed by atoms with E-state index in [1.807, 2.05) is 6.92 Å². The largest absolute Gasteiger partial charge is 0.493 e. The van der Waals surface area contributed by atoms with Gasteiger partial charge in [0.2, 0.25) is 5.95 Å². The third kappa shape index (κ3) is 5.80. The molecule has 2 saturated heterocycles. The predicted molar refractivity (Wildman–Crippen MR) is 147 cm³/mol. The Morgan fingerprint density at radius 2 is 2.00 bits per heavy atom. The molecule has 2 amide bonds. The zero-order valence-corrected chi connectivity index (χ0v) is 23.3. The highest BCUT2D eigenvalue weighted by molar-refractivity contribution is 5.96. The Bertz CT molecular complexity index is 1420. The zero-order valence-electron chi connectivity index (χ0n) is 23.3. The first kappa shape index (κ1) is 26.9. The lowest BCUT2D eigenvalue weighted by molar-refractivity contribution is 0.0291. The first-order valence-corrected chi connectivity index (χ1v) is 14.0. The number of hydrogen-bond donors (Lipinski definition) is 1. The number of piperidine rings is 1. The van der Waals surface area contributed by atoms with Gasteiger partial charge in [-0.2, -0.15) is 0 Å². The number of aryl methyl sites for hydroxylation is 1. The van der Waals surface area contributed by atoms with E-state index in [2.05, 4.69) is 30.5 Å². The van der Waals surface area contributed by atoms with Gasteiger partial charge in [0.25, 0.3) is 11.8 Å². The molecule has 4 bridgehead atoms. The second-order valence-electron chi connectivity index (χ2n) is 10.5. The highest BCUT2D eigenvalue weighted by Gasteiger charge is 2.38. The van der Waals surface area contributed by atoms with Crippen molar-refractivity contribution in [3.8, 4) is 11.5 Å². The van der Waals surface area contributed by atoms with Crippen LogP contribution in [-0.2, 0) is 17.9 Å². The molecule has 6 rings (SSSR count). The summed E-state index contributed by atoms with van der Waals surface area (Å²) in [6.45, 7) is 5.21. The summed E-state index contributed by atoms with van der Waals surface area (Å²) in [5, 5.41) is 11.4. The minimum atomic E-state index is -0.457. The van der Waals surface area contributed by atoms with Crippen LogP contribution in [0.5, 0.6) is 11.5 Å². The lowest BCUT2D eigenvalue weighted by Crippen LogP contribution is -2.44. The van der Waals surface area contributed by atoms with Crippen molar-refractivity contribution in [1.82, 2.24) is 35.2 Å². The molecule has 1 aromatic carbocycles. The highest BCUT2D eigenvalue weighted by Crippen LogP contribution is 2.29. The van der Waals surface area contributed by atoms with Crippen molar-refractivity contribution in [2.75, 3.05) is 44.8 Å². The van der Waals surface area contributed by atoms with Crippen molar-refractivity contribution < 1.29 is 23.8 Å². The number of amides is 2. The molecule has 2 aromatic heterocycles. The third-order valence-corrected chi connectivity index (χ3v) is 7.74. The SMILES string of the molecule is COc1ccc2cc1OCCn1cc(nn1)CO[C@H]1CN(C(=O)c3cnc(N4CCCCC4)nc3C)C[C@@H]1NC2=O. The Kier molecular flexibility index (Phi) is 7.68. The lowest BCUT2D eigenvalue weighted by atomic mass is 10.1. The Morgan fingerprint density at radius 3 is 2.80 bits per heavy atom. The van der Waals surface area contributed by atoms with E-state index < -0.39 is 12.1 Å². The van der Waals surface area contributed by atoms with E-state index in [-0.39, 0.29) is 25.0 Å². The summed E-state index contributed by atoms with van der Waals surface area (Å²) in [6, 6.07) is 4.58. The molecule has 13 heteroatoms. The number of carbonyl (C=O) groups excluding carboxylic acids is 2. The Labute approximate surface area is 237 Å². The van der Waals surface area contributed by atoms with Crippen LogP contribution in [0.3, 0.4) is 0 Å². The Morgan fingerprint density at radius 1 is 1.15 bits per heavy atom. The lowest BCUT2D eigenvalue weighted by Gasteiger charge is -2.27. The van der Waals surface area contributed by atoms with Crippen LogP contribution < -0.4 is 19.7 Å². The molecule has 41 heavy (non-hydrogen) atoms. The average molecular weight is 563 g/mol. The van der Waals surface area contributed by atoms with Gasteiger partial charge in [-0.25, -0.2) is 14.6 Å². The number of ether oxygens (including phenoxy) is 3. The van der Waals surface area contributed by atoms with Gasteiger partial charge in [-0.1, -0.05) is 5.21 Å². The Hall–Kier alpha value is -4.26. The van der Waals surface area contributed by atoms with Crippen LogP contribution in [0.15, 0.2) is 30.6 Å². The molecule has 3 aromatic rings. The molecular weight excluding hydrogens is 528 g/mol. The quantitative estimate of drug-likeness (QED) is 0.501. The molecule has 13 nitrogen and oxygen atoms in total. The predicted octanol–water partition coefficient (Wildman–Crippen LogP) is 1.61. The van der Waals surface area contributed by atoms with E-state index in [9.17, 15) is 9.59 Å². The summed E-state index contributed by atoms with van der Waals surface area (Å²) in [5.41, 5.74) is 2.13. The average Bonchev–Trinajstić information content (AvgIpc) is 3.62.